The molecule has 1 heterocycles. The molecule has 0 bridgehead atoms. The summed E-state index contributed by atoms with van der Waals surface area (Å²) in [6, 6.07) is 11.1. The van der Waals surface area contributed by atoms with Crippen molar-refractivity contribution >= 4 is 0 Å². The maximum absolute atomic E-state index is 5.97. The van der Waals surface area contributed by atoms with Crippen LogP contribution in [0.5, 0.6) is 0 Å². The minimum absolute atomic E-state index is 0.206. The molecule has 0 atom stereocenters. The van der Waals surface area contributed by atoms with Gasteiger partial charge in [-0.3, -0.25) is 0 Å². The monoisotopic (exact) mass is 205 g/mol. The molecule has 1 saturated heterocycles. The fourth-order valence-corrected chi connectivity index (χ4v) is 1.62. The van der Waals surface area contributed by atoms with E-state index in [1.165, 1.54) is 5.56 Å². The minimum Gasteiger partial charge on any atom is -0.375 e. The van der Waals surface area contributed by atoms with Crippen molar-refractivity contribution in [3.05, 3.63) is 35.9 Å². The van der Waals surface area contributed by atoms with E-state index in [2.05, 4.69) is 26.0 Å². The van der Waals surface area contributed by atoms with Crippen molar-refractivity contribution in [3.63, 3.8) is 0 Å². The number of benzene rings is 1. The first-order valence-corrected chi connectivity index (χ1v) is 5.41. The highest BCUT2D eigenvalue weighted by atomic mass is 16.6. The largest absolute Gasteiger partial charge is 0.375 e. The lowest BCUT2D eigenvalue weighted by Crippen LogP contribution is -2.49. The van der Waals surface area contributed by atoms with Gasteiger partial charge >= 0.3 is 0 Å². The predicted molar refractivity (Wildman–Crippen MR) is 58.6 cm³/mol. The molecule has 0 N–H and O–H groups in total. The third kappa shape index (κ3) is 2.21. The number of hydrogen-bond donors (Lipinski definition) is 0. The van der Waals surface area contributed by atoms with Crippen LogP contribution in [0.4, 0.5) is 0 Å². The highest BCUT2D eigenvalue weighted by molar-refractivity contribution is 5.24. The number of hydrogen-bond acceptors (Lipinski definition) is 2. The number of ether oxygens (including phenoxy) is 2. The van der Waals surface area contributed by atoms with E-state index < -0.39 is 0 Å². The van der Waals surface area contributed by atoms with Gasteiger partial charge in [0.05, 0.1) is 19.8 Å². The van der Waals surface area contributed by atoms with Gasteiger partial charge in [-0.2, -0.15) is 0 Å². The average molecular weight is 205 g/mol. The Bertz CT molecular complexity index is 302. The Morgan fingerprint density at radius 2 is 2.33 bits per heavy atom. The molecule has 2 nitrogen and oxygen atoms in total. The van der Waals surface area contributed by atoms with Crippen LogP contribution in [0.25, 0.3) is 0 Å². The van der Waals surface area contributed by atoms with E-state index in [1.54, 1.807) is 0 Å². The molecule has 0 aromatic heterocycles. The maximum Gasteiger partial charge on any atom is 0.139 e. The maximum atomic E-state index is 5.97. The molecule has 81 valence electrons. The Balaban J connectivity index is 2.08. The second-order valence-corrected chi connectivity index (χ2v) is 4.48. The van der Waals surface area contributed by atoms with E-state index in [9.17, 15) is 0 Å². The first-order chi connectivity index (χ1) is 7.23. The van der Waals surface area contributed by atoms with Gasteiger partial charge in [0.15, 0.2) is 0 Å². The van der Waals surface area contributed by atoms with Crippen LogP contribution in [0.15, 0.2) is 24.3 Å². The fraction of sp³-hybridized carbons (Fsp3) is 0.538. The van der Waals surface area contributed by atoms with E-state index in [-0.39, 0.29) is 5.60 Å². The van der Waals surface area contributed by atoms with Gasteiger partial charge in [0.2, 0.25) is 0 Å². The zero-order valence-corrected chi connectivity index (χ0v) is 9.32. The number of rotatable bonds is 4. The van der Waals surface area contributed by atoms with Gasteiger partial charge in [-0.15, -0.1) is 0 Å². The molecule has 15 heavy (non-hydrogen) atoms. The van der Waals surface area contributed by atoms with Crippen LogP contribution in [0.1, 0.15) is 19.4 Å². The summed E-state index contributed by atoms with van der Waals surface area (Å²) in [4.78, 5) is 0. The molecule has 0 aliphatic carbocycles. The summed E-state index contributed by atoms with van der Waals surface area (Å²) in [5.41, 5.74) is 0.971. The third-order valence-corrected chi connectivity index (χ3v) is 2.60. The molecule has 0 saturated carbocycles. The fourth-order valence-electron chi connectivity index (χ4n) is 1.62. The van der Waals surface area contributed by atoms with Crippen molar-refractivity contribution in [1.29, 1.82) is 0 Å². The zero-order valence-electron chi connectivity index (χ0n) is 9.32. The van der Waals surface area contributed by atoms with E-state index >= 15 is 0 Å². The van der Waals surface area contributed by atoms with Gasteiger partial charge in [0.1, 0.15) is 5.60 Å². The molecule has 0 unspecified atom stereocenters. The second-order valence-electron chi connectivity index (χ2n) is 4.48. The summed E-state index contributed by atoms with van der Waals surface area (Å²) in [6.07, 6.45) is 0. The first kappa shape index (κ1) is 10.7. The van der Waals surface area contributed by atoms with Crippen LogP contribution in [-0.2, 0) is 15.1 Å². The van der Waals surface area contributed by atoms with E-state index in [0.717, 1.165) is 6.61 Å². The van der Waals surface area contributed by atoms with Crippen molar-refractivity contribution in [1.82, 2.24) is 0 Å². The summed E-state index contributed by atoms with van der Waals surface area (Å²) in [5, 5.41) is 0. The van der Waals surface area contributed by atoms with Crippen LogP contribution in [0.3, 0.4) is 0 Å². The Morgan fingerprint density at radius 1 is 1.53 bits per heavy atom. The van der Waals surface area contributed by atoms with Crippen LogP contribution >= 0.6 is 0 Å². The van der Waals surface area contributed by atoms with Crippen LogP contribution in [0, 0.1) is 12.0 Å². The second kappa shape index (κ2) is 4.33. The Labute approximate surface area is 91.2 Å². The highest BCUT2D eigenvalue weighted by Crippen LogP contribution is 2.33. The molecule has 1 radical (unpaired) electrons. The van der Waals surface area contributed by atoms with Gasteiger partial charge in [-0.05, 0) is 23.6 Å². The molecule has 0 spiro atoms. The third-order valence-electron chi connectivity index (χ3n) is 2.60. The van der Waals surface area contributed by atoms with Gasteiger partial charge in [-0.1, -0.05) is 32.0 Å². The van der Waals surface area contributed by atoms with Crippen LogP contribution in [-0.4, -0.2) is 19.8 Å². The van der Waals surface area contributed by atoms with Crippen molar-refractivity contribution in [2.75, 3.05) is 19.8 Å². The molecule has 1 aliphatic heterocycles. The summed E-state index contributed by atoms with van der Waals surface area (Å²) in [5.74, 6) is 0.551. The average Bonchev–Trinajstić information content (AvgIpc) is 2.17. The predicted octanol–water partition coefficient (Wildman–Crippen LogP) is 2.38. The SMILES string of the molecule is CC(C)COC1(c2c[c]ccc2)COC1. The summed E-state index contributed by atoms with van der Waals surface area (Å²) in [6.45, 7) is 6.42. The molecule has 0 amide bonds. The summed E-state index contributed by atoms with van der Waals surface area (Å²) >= 11 is 0. The highest BCUT2D eigenvalue weighted by Gasteiger charge is 2.41. The quantitative estimate of drug-likeness (QED) is 0.751. The molecular formula is C13H17O2. The minimum atomic E-state index is -0.206. The van der Waals surface area contributed by atoms with Crippen molar-refractivity contribution in [2.24, 2.45) is 5.92 Å². The molecule has 1 aromatic carbocycles. The summed E-state index contributed by atoms with van der Waals surface area (Å²) in [7, 11) is 0. The van der Waals surface area contributed by atoms with Gasteiger partial charge in [0.25, 0.3) is 0 Å². The van der Waals surface area contributed by atoms with E-state index in [1.807, 2.05) is 18.2 Å². The van der Waals surface area contributed by atoms with Crippen molar-refractivity contribution < 1.29 is 9.47 Å². The molecule has 1 aliphatic rings. The lowest BCUT2D eigenvalue weighted by Gasteiger charge is -2.42. The standard InChI is InChI=1S/C13H17O2/c1-11(2)8-15-13(9-14-10-13)12-6-4-3-5-7-12/h3-4,6-7,11H,8-10H2,1-2H3. The molecule has 2 rings (SSSR count). The van der Waals surface area contributed by atoms with Crippen LogP contribution in [0.2, 0.25) is 0 Å². The van der Waals surface area contributed by atoms with Gasteiger partial charge in [-0.25, -0.2) is 0 Å². The molecule has 1 aromatic rings. The van der Waals surface area contributed by atoms with Gasteiger partial charge < -0.3 is 9.47 Å². The Kier molecular flexibility index (Phi) is 3.08. The van der Waals surface area contributed by atoms with E-state index in [4.69, 9.17) is 9.47 Å². The topological polar surface area (TPSA) is 18.5 Å². The lowest BCUT2D eigenvalue weighted by molar-refractivity contribution is -0.220. The molecule has 2 heteroatoms. The Morgan fingerprint density at radius 3 is 2.80 bits per heavy atom. The lowest BCUT2D eigenvalue weighted by atomic mass is 9.91. The molecular weight excluding hydrogens is 188 g/mol. The normalized spacial score (nSPS) is 18.9. The van der Waals surface area contributed by atoms with Gasteiger partial charge in [0, 0.05) is 0 Å². The Hall–Kier alpha value is -0.860. The van der Waals surface area contributed by atoms with Crippen molar-refractivity contribution in [2.45, 2.75) is 19.4 Å². The van der Waals surface area contributed by atoms with Crippen molar-refractivity contribution in [3.8, 4) is 0 Å². The molecule has 1 fully saturated rings. The first-order valence-electron chi connectivity index (χ1n) is 5.41. The smallest absolute Gasteiger partial charge is 0.139 e. The van der Waals surface area contributed by atoms with E-state index in [0.29, 0.717) is 19.1 Å². The van der Waals surface area contributed by atoms with Crippen LogP contribution < -0.4 is 0 Å². The summed E-state index contributed by atoms with van der Waals surface area (Å²) < 4.78 is 11.3. The zero-order chi connectivity index (χ0) is 10.7.